The highest BCUT2D eigenvalue weighted by molar-refractivity contribution is 7.91. The van der Waals surface area contributed by atoms with E-state index in [-0.39, 0.29) is 28.5 Å². The third-order valence-electron chi connectivity index (χ3n) is 3.72. The van der Waals surface area contributed by atoms with Crippen LogP contribution in [0.4, 0.5) is 5.69 Å². The Hall–Kier alpha value is -2.52. The molecule has 0 spiro atoms. The molecule has 9 heteroatoms. The zero-order valence-electron chi connectivity index (χ0n) is 13.0. The largest absolute Gasteiger partial charge is 0.506 e. The molecule has 0 aromatic heterocycles. The quantitative estimate of drug-likeness (QED) is 0.819. The zero-order valence-corrected chi connectivity index (χ0v) is 14.7. The van der Waals surface area contributed by atoms with Gasteiger partial charge < -0.3 is 5.11 Å². The number of hydrogen-bond donors (Lipinski definition) is 2. The van der Waals surface area contributed by atoms with Crippen LogP contribution in [0.3, 0.4) is 0 Å². The van der Waals surface area contributed by atoms with Crippen molar-refractivity contribution in [3.05, 3.63) is 66.5 Å². The fourth-order valence-electron chi connectivity index (χ4n) is 2.44. The number of nitrogens with zero attached hydrogens (tertiary/aromatic N) is 1. The highest BCUT2D eigenvalue weighted by Crippen LogP contribution is 2.31. The van der Waals surface area contributed by atoms with Crippen molar-refractivity contribution in [2.75, 3.05) is 10.1 Å². The Labute approximate surface area is 146 Å². The number of phenolic OH excluding ortho intramolecular Hbond substituents is 1. The second-order valence-electron chi connectivity index (χ2n) is 5.44. The van der Waals surface area contributed by atoms with E-state index in [0.717, 1.165) is 4.31 Å². The Morgan fingerprint density at radius 2 is 1.80 bits per heavy atom. The molecular weight excluding hydrogens is 364 g/mol. The van der Waals surface area contributed by atoms with Crippen LogP contribution in [-0.4, -0.2) is 27.7 Å². The van der Waals surface area contributed by atoms with Crippen LogP contribution in [0.2, 0.25) is 0 Å². The van der Waals surface area contributed by atoms with E-state index >= 15 is 0 Å². The van der Waals surface area contributed by atoms with E-state index in [4.69, 9.17) is 0 Å². The van der Waals surface area contributed by atoms with E-state index in [1.165, 1.54) is 36.7 Å². The molecule has 2 aromatic rings. The van der Waals surface area contributed by atoms with Crippen LogP contribution in [0.15, 0.2) is 65.8 Å². The summed E-state index contributed by atoms with van der Waals surface area (Å²) in [6, 6.07) is 12.5. The van der Waals surface area contributed by atoms with Crippen molar-refractivity contribution in [3.63, 3.8) is 0 Å². The first-order valence-corrected chi connectivity index (χ1v) is 10.5. The van der Waals surface area contributed by atoms with Crippen molar-refractivity contribution in [2.24, 2.45) is 0 Å². The zero-order chi connectivity index (χ0) is 18.1. The Bertz CT molecular complexity index is 1020. The molecule has 7 nitrogen and oxygen atoms in total. The van der Waals surface area contributed by atoms with Crippen LogP contribution in [0.5, 0.6) is 5.75 Å². The highest BCUT2D eigenvalue weighted by Gasteiger charge is 2.26. The first-order chi connectivity index (χ1) is 11.8. The van der Waals surface area contributed by atoms with Gasteiger partial charge in [-0.2, -0.15) is 8.42 Å². The maximum absolute atomic E-state index is 12.3. The number of nitrogens with one attached hydrogen (secondary N) is 1. The molecule has 0 aliphatic carbocycles. The van der Waals surface area contributed by atoms with E-state index in [2.05, 4.69) is 4.72 Å². The van der Waals surface area contributed by atoms with Gasteiger partial charge in [-0.1, -0.05) is 24.3 Å². The molecule has 1 heterocycles. The van der Waals surface area contributed by atoms with E-state index in [0.29, 0.717) is 5.56 Å². The summed E-state index contributed by atoms with van der Waals surface area (Å²) in [5.41, 5.74) is 0.685. The second kappa shape index (κ2) is 6.41. The maximum Gasteiger partial charge on any atom is 0.327 e. The molecule has 0 bridgehead atoms. The average molecular weight is 380 g/mol. The molecule has 2 N–H and O–H groups in total. The molecule has 2 aromatic carbocycles. The van der Waals surface area contributed by atoms with Crippen LogP contribution in [0, 0.1) is 0 Å². The topological polar surface area (TPSA) is 104 Å². The van der Waals surface area contributed by atoms with Crippen molar-refractivity contribution >= 4 is 25.7 Å². The third-order valence-corrected chi connectivity index (χ3v) is 6.73. The van der Waals surface area contributed by atoms with Crippen LogP contribution < -0.4 is 9.03 Å². The molecule has 0 amide bonds. The van der Waals surface area contributed by atoms with Crippen LogP contribution in [0.1, 0.15) is 5.56 Å². The summed E-state index contributed by atoms with van der Waals surface area (Å²) in [5.74, 6) is -0.356. The lowest BCUT2D eigenvalue weighted by Crippen LogP contribution is -2.28. The second-order valence-corrected chi connectivity index (χ2v) is 9.13. The Balaban J connectivity index is 1.77. The van der Waals surface area contributed by atoms with Crippen molar-refractivity contribution < 1.29 is 21.9 Å². The maximum atomic E-state index is 12.3. The van der Waals surface area contributed by atoms with Gasteiger partial charge in [-0.05, 0) is 36.2 Å². The number of phenols is 1. The standard InChI is InChI=1S/C16H16N2O5S2/c19-16-12-13(6-7-15(16)18-10-9-17-25(18,22)23)8-11-24(20,21)14-4-2-1-3-5-14/h1-7,9-10,12,17,19H,8,11H2. The highest BCUT2D eigenvalue weighted by atomic mass is 32.2. The van der Waals surface area contributed by atoms with E-state index in [1.807, 2.05) is 0 Å². The van der Waals surface area contributed by atoms with E-state index in [1.54, 1.807) is 24.3 Å². The third kappa shape index (κ3) is 3.62. The molecule has 0 fully saturated rings. The van der Waals surface area contributed by atoms with Gasteiger partial charge in [-0.3, -0.25) is 4.72 Å². The van der Waals surface area contributed by atoms with Gasteiger partial charge in [0.2, 0.25) is 0 Å². The Morgan fingerprint density at radius 3 is 2.40 bits per heavy atom. The lowest BCUT2D eigenvalue weighted by Gasteiger charge is -2.16. The van der Waals surface area contributed by atoms with Crippen LogP contribution in [-0.2, 0) is 26.5 Å². The van der Waals surface area contributed by atoms with Gasteiger partial charge in [0.25, 0.3) is 0 Å². The summed E-state index contributed by atoms with van der Waals surface area (Å²) in [6.45, 7) is 0. The molecule has 0 saturated heterocycles. The molecule has 0 saturated carbocycles. The van der Waals surface area contributed by atoms with Crippen molar-refractivity contribution in [1.82, 2.24) is 4.72 Å². The number of aromatic hydroxyl groups is 1. The minimum absolute atomic E-state index is 0.0934. The van der Waals surface area contributed by atoms with Gasteiger partial charge in [0, 0.05) is 12.4 Å². The summed E-state index contributed by atoms with van der Waals surface area (Å²) in [7, 11) is -7.16. The van der Waals surface area contributed by atoms with Gasteiger partial charge >= 0.3 is 10.2 Å². The van der Waals surface area contributed by atoms with Crippen LogP contribution in [0.25, 0.3) is 0 Å². The normalized spacial score (nSPS) is 15.9. The summed E-state index contributed by atoms with van der Waals surface area (Å²) < 4.78 is 51.2. The molecular formula is C16H16N2O5S2. The fourth-order valence-corrected chi connectivity index (χ4v) is 4.73. The summed E-state index contributed by atoms with van der Waals surface area (Å²) >= 11 is 0. The number of anilines is 1. The molecule has 0 unspecified atom stereocenters. The SMILES string of the molecule is O=S(=O)(CCc1ccc(N2C=CNS2(=O)=O)c(O)c1)c1ccccc1. The lowest BCUT2D eigenvalue weighted by atomic mass is 10.1. The predicted molar refractivity (Wildman–Crippen MR) is 94.0 cm³/mol. The summed E-state index contributed by atoms with van der Waals surface area (Å²) in [5, 5.41) is 10.1. The number of aryl methyl sites for hydroxylation is 1. The Morgan fingerprint density at radius 1 is 1.08 bits per heavy atom. The van der Waals surface area contributed by atoms with Crippen molar-refractivity contribution in [2.45, 2.75) is 11.3 Å². The fraction of sp³-hybridized carbons (Fsp3) is 0.125. The first-order valence-electron chi connectivity index (χ1n) is 7.38. The first kappa shape index (κ1) is 17.3. The van der Waals surface area contributed by atoms with Gasteiger partial charge in [0.1, 0.15) is 5.75 Å². The van der Waals surface area contributed by atoms with Crippen molar-refractivity contribution in [1.29, 1.82) is 0 Å². The smallest absolute Gasteiger partial charge is 0.327 e. The van der Waals surface area contributed by atoms with Gasteiger partial charge in [-0.25, -0.2) is 12.7 Å². The van der Waals surface area contributed by atoms with Gasteiger partial charge in [0.05, 0.1) is 16.3 Å². The molecule has 1 aliphatic rings. The van der Waals surface area contributed by atoms with Crippen molar-refractivity contribution in [3.8, 4) is 5.75 Å². The summed E-state index contributed by atoms with van der Waals surface area (Å²) in [6.07, 6.45) is 2.73. The average Bonchev–Trinajstić information content (AvgIpc) is 2.93. The number of sulfone groups is 1. The van der Waals surface area contributed by atoms with E-state index < -0.39 is 20.0 Å². The predicted octanol–water partition coefficient (Wildman–Crippen LogP) is 1.53. The molecule has 132 valence electrons. The number of benzene rings is 2. The number of hydrogen-bond acceptors (Lipinski definition) is 5. The minimum atomic E-state index is -3.73. The van der Waals surface area contributed by atoms with E-state index in [9.17, 15) is 21.9 Å². The molecule has 25 heavy (non-hydrogen) atoms. The molecule has 0 radical (unpaired) electrons. The van der Waals surface area contributed by atoms with Gasteiger partial charge in [-0.15, -0.1) is 0 Å². The minimum Gasteiger partial charge on any atom is -0.506 e. The van der Waals surface area contributed by atoms with Gasteiger partial charge in [0.15, 0.2) is 9.84 Å². The molecule has 1 aliphatic heterocycles. The monoisotopic (exact) mass is 380 g/mol. The lowest BCUT2D eigenvalue weighted by molar-refractivity contribution is 0.475. The van der Waals surface area contributed by atoms with Crippen LogP contribution >= 0.6 is 0 Å². The molecule has 0 atom stereocenters. The number of rotatable bonds is 5. The Kier molecular flexibility index (Phi) is 4.44. The molecule has 3 rings (SSSR count). The summed E-state index contributed by atoms with van der Waals surface area (Å²) in [4.78, 5) is 0.246.